The Balaban J connectivity index is 2.31. The predicted octanol–water partition coefficient (Wildman–Crippen LogP) is 9.26. The monoisotopic (exact) mass is 474 g/mol. The predicted molar refractivity (Wildman–Crippen MR) is 142 cm³/mol. The first-order chi connectivity index (χ1) is 16.3. The van der Waals surface area contributed by atoms with Crippen LogP contribution in [0.25, 0.3) is 0 Å². The average Bonchev–Trinajstić information content (AvgIpc) is 2.79. The van der Waals surface area contributed by atoms with Gasteiger partial charge in [0.1, 0.15) is 0 Å². The van der Waals surface area contributed by atoms with Gasteiger partial charge in [0.15, 0.2) is 0 Å². The van der Waals surface area contributed by atoms with Crippen molar-refractivity contribution >= 4 is 11.9 Å². The first-order valence-electron chi connectivity index (χ1n) is 13.9. The van der Waals surface area contributed by atoms with Crippen LogP contribution in [-0.4, -0.2) is 22.2 Å². The molecule has 194 valence electrons. The van der Waals surface area contributed by atoms with Gasteiger partial charge in [-0.2, -0.15) is 0 Å². The van der Waals surface area contributed by atoms with Crippen molar-refractivity contribution in [2.75, 3.05) is 0 Å². The van der Waals surface area contributed by atoms with E-state index in [-0.39, 0.29) is 17.0 Å². The normalized spacial score (nSPS) is 12.3. The second-order valence-electron chi connectivity index (χ2n) is 10.5. The molecular formula is C30H50O4. The van der Waals surface area contributed by atoms with Crippen molar-refractivity contribution < 1.29 is 19.8 Å². The van der Waals surface area contributed by atoms with E-state index in [2.05, 4.69) is 27.7 Å². The van der Waals surface area contributed by atoms with E-state index in [4.69, 9.17) is 0 Å². The highest BCUT2D eigenvalue weighted by Gasteiger charge is 2.24. The lowest BCUT2D eigenvalue weighted by Gasteiger charge is -2.19. The van der Waals surface area contributed by atoms with Gasteiger partial charge in [0.25, 0.3) is 0 Å². The van der Waals surface area contributed by atoms with Crippen LogP contribution in [0.2, 0.25) is 0 Å². The van der Waals surface area contributed by atoms with Crippen LogP contribution in [0.1, 0.15) is 162 Å². The molecule has 0 fully saturated rings. The summed E-state index contributed by atoms with van der Waals surface area (Å²) in [5.74, 6) is -1.24. The van der Waals surface area contributed by atoms with E-state index in [1.165, 1.54) is 76.7 Å². The molecule has 0 amide bonds. The zero-order valence-electron chi connectivity index (χ0n) is 22.3. The van der Waals surface area contributed by atoms with E-state index in [9.17, 15) is 19.8 Å². The minimum atomic E-state index is -1.17. The molecule has 4 nitrogen and oxygen atoms in total. The third kappa shape index (κ3) is 11.5. The van der Waals surface area contributed by atoms with E-state index in [0.29, 0.717) is 6.42 Å². The summed E-state index contributed by atoms with van der Waals surface area (Å²) < 4.78 is 0. The SMILES string of the molecule is CCC(C)c1ccc(C(=O)O)c(C(=O)O)c1CCCCCCCCCCCCCCCC(C)C. The highest BCUT2D eigenvalue weighted by atomic mass is 16.4. The number of hydrogen-bond acceptors (Lipinski definition) is 2. The zero-order chi connectivity index (χ0) is 25.3. The standard InChI is InChI=1S/C30H50O4/c1-5-24(4)25-21-22-27(29(31)32)28(30(33)34)26(25)20-18-16-14-12-10-8-6-7-9-11-13-15-17-19-23(2)3/h21-24H,5-20H2,1-4H3,(H,31,32)(H,33,34). The van der Waals surface area contributed by atoms with Gasteiger partial charge in [0.2, 0.25) is 0 Å². The molecule has 1 rings (SSSR count). The van der Waals surface area contributed by atoms with Crippen molar-refractivity contribution in [1.29, 1.82) is 0 Å². The number of benzene rings is 1. The molecule has 0 radical (unpaired) electrons. The van der Waals surface area contributed by atoms with E-state index in [0.717, 1.165) is 42.7 Å². The molecule has 2 N–H and O–H groups in total. The molecule has 0 aliphatic heterocycles. The topological polar surface area (TPSA) is 74.6 Å². The summed E-state index contributed by atoms with van der Waals surface area (Å²) in [4.78, 5) is 23.5. The molecule has 0 aliphatic rings. The Bertz CT molecular complexity index is 723. The first-order valence-corrected chi connectivity index (χ1v) is 13.9. The average molecular weight is 475 g/mol. The maximum atomic E-state index is 11.9. The Morgan fingerprint density at radius 2 is 1.18 bits per heavy atom. The lowest BCUT2D eigenvalue weighted by atomic mass is 9.85. The Morgan fingerprint density at radius 1 is 0.706 bits per heavy atom. The van der Waals surface area contributed by atoms with Gasteiger partial charge in [0.05, 0.1) is 11.1 Å². The zero-order valence-corrected chi connectivity index (χ0v) is 22.3. The molecule has 0 heterocycles. The molecule has 1 aromatic rings. The van der Waals surface area contributed by atoms with Crippen molar-refractivity contribution in [3.8, 4) is 0 Å². The summed E-state index contributed by atoms with van der Waals surface area (Å²) in [6.07, 6.45) is 19.5. The van der Waals surface area contributed by atoms with Crippen molar-refractivity contribution in [2.24, 2.45) is 5.92 Å². The fourth-order valence-corrected chi connectivity index (χ4v) is 4.84. The molecule has 0 saturated heterocycles. The molecular weight excluding hydrogens is 424 g/mol. The van der Waals surface area contributed by atoms with Gasteiger partial charge >= 0.3 is 11.9 Å². The minimum absolute atomic E-state index is 0.00905. The van der Waals surface area contributed by atoms with E-state index in [1.54, 1.807) is 0 Å². The van der Waals surface area contributed by atoms with Crippen LogP contribution >= 0.6 is 0 Å². The smallest absolute Gasteiger partial charge is 0.336 e. The molecule has 0 bridgehead atoms. The van der Waals surface area contributed by atoms with E-state index < -0.39 is 11.9 Å². The third-order valence-corrected chi connectivity index (χ3v) is 7.14. The van der Waals surface area contributed by atoms with Crippen LogP contribution in [0.4, 0.5) is 0 Å². The Morgan fingerprint density at radius 3 is 1.59 bits per heavy atom. The van der Waals surface area contributed by atoms with Crippen LogP contribution in [0, 0.1) is 5.92 Å². The number of unbranched alkanes of at least 4 members (excludes halogenated alkanes) is 12. The fraction of sp³-hybridized carbons (Fsp3) is 0.733. The Labute approximate surface area is 208 Å². The van der Waals surface area contributed by atoms with Crippen LogP contribution in [-0.2, 0) is 6.42 Å². The minimum Gasteiger partial charge on any atom is -0.478 e. The lowest BCUT2D eigenvalue weighted by Crippen LogP contribution is -2.15. The van der Waals surface area contributed by atoms with Gasteiger partial charge in [-0.15, -0.1) is 0 Å². The first kappa shape index (κ1) is 30.2. The van der Waals surface area contributed by atoms with Crippen molar-refractivity contribution in [2.45, 2.75) is 136 Å². The van der Waals surface area contributed by atoms with Crippen LogP contribution in [0.5, 0.6) is 0 Å². The molecule has 34 heavy (non-hydrogen) atoms. The van der Waals surface area contributed by atoms with Crippen LogP contribution in [0.15, 0.2) is 12.1 Å². The van der Waals surface area contributed by atoms with Gasteiger partial charge in [-0.25, -0.2) is 9.59 Å². The summed E-state index contributed by atoms with van der Waals surface area (Å²) in [7, 11) is 0. The number of carboxylic acids is 2. The molecule has 1 unspecified atom stereocenters. The third-order valence-electron chi connectivity index (χ3n) is 7.14. The number of carboxylic acid groups (broad SMARTS) is 2. The highest BCUT2D eigenvalue weighted by Crippen LogP contribution is 2.30. The fourth-order valence-electron chi connectivity index (χ4n) is 4.84. The van der Waals surface area contributed by atoms with Crippen molar-refractivity contribution in [3.05, 3.63) is 34.4 Å². The molecule has 1 aromatic carbocycles. The summed E-state index contributed by atoms with van der Waals surface area (Å²) in [5.41, 5.74) is 1.62. The van der Waals surface area contributed by atoms with Crippen LogP contribution < -0.4 is 0 Å². The Hall–Kier alpha value is -1.84. The van der Waals surface area contributed by atoms with Gasteiger partial charge in [-0.05, 0) is 48.3 Å². The molecule has 0 aromatic heterocycles. The van der Waals surface area contributed by atoms with Crippen molar-refractivity contribution in [1.82, 2.24) is 0 Å². The number of carbonyl (C=O) groups is 2. The van der Waals surface area contributed by atoms with Gasteiger partial charge < -0.3 is 10.2 Å². The van der Waals surface area contributed by atoms with E-state index >= 15 is 0 Å². The largest absolute Gasteiger partial charge is 0.478 e. The number of aromatic carboxylic acids is 2. The quantitative estimate of drug-likeness (QED) is 0.185. The second-order valence-corrected chi connectivity index (χ2v) is 10.5. The molecule has 0 saturated carbocycles. The van der Waals surface area contributed by atoms with Crippen LogP contribution in [0.3, 0.4) is 0 Å². The molecule has 0 aliphatic carbocycles. The molecule has 4 heteroatoms. The maximum absolute atomic E-state index is 11.9. The summed E-state index contributed by atoms with van der Waals surface area (Å²) in [6, 6.07) is 3.29. The van der Waals surface area contributed by atoms with Crippen molar-refractivity contribution in [3.63, 3.8) is 0 Å². The maximum Gasteiger partial charge on any atom is 0.336 e. The summed E-state index contributed by atoms with van der Waals surface area (Å²) in [5, 5.41) is 19.2. The summed E-state index contributed by atoms with van der Waals surface area (Å²) in [6.45, 7) is 8.77. The van der Waals surface area contributed by atoms with Gasteiger partial charge in [0, 0.05) is 0 Å². The second kappa shape index (κ2) is 17.6. The van der Waals surface area contributed by atoms with Gasteiger partial charge in [-0.3, -0.25) is 0 Å². The molecule has 0 spiro atoms. The number of hydrogen-bond donors (Lipinski definition) is 2. The summed E-state index contributed by atoms with van der Waals surface area (Å²) >= 11 is 0. The Kier molecular flexibility index (Phi) is 15.6. The lowest BCUT2D eigenvalue weighted by molar-refractivity contribution is 0.0650. The number of rotatable bonds is 20. The van der Waals surface area contributed by atoms with Gasteiger partial charge in [-0.1, -0.05) is 117 Å². The van der Waals surface area contributed by atoms with E-state index in [1.807, 2.05) is 6.07 Å². The molecule has 1 atom stereocenters. The highest BCUT2D eigenvalue weighted by molar-refractivity contribution is 6.03.